The van der Waals surface area contributed by atoms with E-state index in [0.29, 0.717) is 40.4 Å². The first kappa shape index (κ1) is 28.5. The minimum absolute atomic E-state index is 0.0221. The Labute approximate surface area is 233 Å². The molecule has 1 fully saturated rings. The summed E-state index contributed by atoms with van der Waals surface area (Å²) in [7, 11) is 3.63. The van der Waals surface area contributed by atoms with E-state index < -0.39 is 0 Å². The lowest BCUT2D eigenvalue weighted by Gasteiger charge is -2.40. The first-order valence-electron chi connectivity index (χ1n) is 12.9. The lowest BCUT2D eigenvalue weighted by molar-refractivity contribution is -0.108. The van der Waals surface area contributed by atoms with E-state index in [9.17, 15) is 14.7 Å². The molecule has 2 aliphatic rings. The molecule has 3 N–H and O–H groups in total. The van der Waals surface area contributed by atoms with Gasteiger partial charge in [-0.1, -0.05) is 35.9 Å². The second-order valence-corrected chi connectivity index (χ2v) is 10.2. The number of carbonyl (C=O) groups excluding carboxylic acids is 2. The third kappa shape index (κ3) is 6.38. The van der Waals surface area contributed by atoms with Crippen LogP contribution in [0.4, 0.5) is 5.95 Å². The Morgan fingerprint density at radius 2 is 2.05 bits per heavy atom. The van der Waals surface area contributed by atoms with Crippen molar-refractivity contribution in [1.82, 2.24) is 20.2 Å². The fourth-order valence-corrected chi connectivity index (χ4v) is 4.82. The highest BCUT2D eigenvalue weighted by Crippen LogP contribution is 2.36. The van der Waals surface area contributed by atoms with Crippen LogP contribution in [0.5, 0.6) is 5.75 Å². The molecule has 1 amide bonds. The molecular weight excluding hydrogens is 518 g/mol. The molecule has 1 saturated carbocycles. The van der Waals surface area contributed by atoms with Gasteiger partial charge in [-0.2, -0.15) is 0 Å². The number of hydrogen-bond acceptors (Lipinski definition) is 8. The molecule has 9 nitrogen and oxygen atoms in total. The van der Waals surface area contributed by atoms with Crippen molar-refractivity contribution in [3.63, 3.8) is 0 Å². The van der Waals surface area contributed by atoms with Crippen LogP contribution in [-0.4, -0.2) is 65.0 Å². The quantitative estimate of drug-likeness (QED) is 0.338. The van der Waals surface area contributed by atoms with Gasteiger partial charge in [0.15, 0.2) is 0 Å². The van der Waals surface area contributed by atoms with Gasteiger partial charge >= 0.3 is 0 Å². The van der Waals surface area contributed by atoms with Crippen molar-refractivity contribution >= 4 is 29.7 Å². The highest BCUT2D eigenvalue weighted by Gasteiger charge is 2.37. The van der Waals surface area contributed by atoms with Crippen molar-refractivity contribution in [1.29, 1.82) is 0 Å². The Kier molecular flexibility index (Phi) is 9.16. The zero-order valence-corrected chi connectivity index (χ0v) is 23.2. The van der Waals surface area contributed by atoms with Crippen molar-refractivity contribution in [2.75, 3.05) is 32.6 Å². The van der Waals surface area contributed by atoms with E-state index in [2.05, 4.69) is 33.6 Å². The Balaban J connectivity index is 0.000000247. The van der Waals surface area contributed by atoms with E-state index in [0.717, 1.165) is 36.9 Å². The zero-order chi connectivity index (χ0) is 28.0. The second-order valence-electron chi connectivity index (χ2n) is 9.82. The molecule has 1 aromatic heterocycles. The number of benzene rings is 2. The average Bonchev–Trinajstić information content (AvgIpc) is 3.26. The number of aromatic nitrogens is 2. The van der Waals surface area contributed by atoms with Gasteiger partial charge in [0.25, 0.3) is 5.91 Å². The molecule has 206 valence electrons. The first-order chi connectivity index (χ1) is 18.8. The van der Waals surface area contributed by atoms with Gasteiger partial charge in [-0.05, 0) is 62.6 Å². The van der Waals surface area contributed by atoms with Crippen LogP contribution >= 0.6 is 11.6 Å². The van der Waals surface area contributed by atoms with E-state index >= 15 is 0 Å². The molecule has 1 unspecified atom stereocenters. The average molecular weight is 552 g/mol. The van der Waals surface area contributed by atoms with Gasteiger partial charge in [0.1, 0.15) is 12.0 Å². The molecular formula is C29H34ClN5O4. The van der Waals surface area contributed by atoms with E-state index in [1.54, 1.807) is 13.2 Å². The number of ether oxygens (including phenoxy) is 1. The van der Waals surface area contributed by atoms with Gasteiger partial charge in [-0.25, -0.2) is 9.97 Å². The van der Waals surface area contributed by atoms with Crippen LogP contribution in [-0.2, 0) is 11.3 Å². The van der Waals surface area contributed by atoms with Crippen molar-refractivity contribution in [2.24, 2.45) is 0 Å². The number of fused-ring (bicyclic) bond motifs is 1. The van der Waals surface area contributed by atoms with Crippen LogP contribution in [0.15, 0.2) is 48.7 Å². The minimum atomic E-state index is -0.367. The van der Waals surface area contributed by atoms with E-state index in [1.807, 2.05) is 37.4 Å². The molecule has 1 atom stereocenters. The molecule has 1 aliphatic carbocycles. The van der Waals surface area contributed by atoms with E-state index in [1.165, 1.54) is 16.7 Å². The third-order valence-electron chi connectivity index (χ3n) is 7.32. The molecule has 3 aromatic rings. The zero-order valence-electron chi connectivity index (χ0n) is 22.4. The second kappa shape index (κ2) is 12.5. The van der Waals surface area contributed by atoms with Gasteiger partial charge in [-0.3, -0.25) is 4.79 Å². The molecule has 0 radical (unpaired) electrons. The molecule has 0 bridgehead atoms. The van der Waals surface area contributed by atoms with Crippen molar-refractivity contribution < 1.29 is 19.4 Å². The molecule has 2 aromatic carbocycles. The molecule has 1 aliphatic heterocycles. The predicted octanol–water partition coefficient (Wildman–Crippen LogP) is 4.25. The molecule has 39 heavy (non-hydrogen) atoms. The summed E-state index contributed by atoms with van der Waals surface area (Å²) in [5.74, 6) is 1.14. The maximum atomic E-state index is 12.5. The maximum absolute atomic E-state index is 12.5. The van der Waals surface area contributed by atoms with Gasteiger partial charge in [0, 0.05) is 23.7 Å². The lowest BCUT2D eigenvalue weighted by atomic mass is 9.77. The van der Waals surface area contributed by atoms with Crippen LogP contribution in [0, 0.1) is 0 Å². The summed E-state index contributed by atoms with van der Waals surface area (Å²) in [5, 5.41) is 16.4. The van der Waals surface area contributed by atoms with Crippen LogP contribution < -0.4 is 15.4 Å². The monoisotopic (exact) mass is 551 g/mol. The number of methoxy groups -OCH3 is 1. The highest BCUT2D eigenvalue weighted by molar-refractivity contribution is 6.33. The Hall–Kier alpha value is -3.53. The van der Waals surface area contributed by atoms with E-state index in [-0.39, 0.29) is 24.6 Å². The van der Waals surface area contributed by atoms with E-state index in [4.69, 9.17) is 16.3 Å². The van der Waals surface area contributed by atoms with Crippen molar-refractivity contribution in [3.05, 3.63) is 70.4 Å². The number of halogens is 1. The number of nitrogens with zero attached hydrogens (tertiary/aromatic N) is 3. The number of amides is 1. The summed E-state index contributed by atoms with van der Waals surface area (Å²) >= 11 is 6.31. The largest absolute Gasteiger partial charge is 0.497 e. The Morgan fingerprint density at radius 3 is 2.69 bits per heavy atom. The minimum Gasteiger partial charge on any atom is -0.497 e. The van der Waals surface area contributed by atoms with Crippen molar-refractivity contribution in [3.8, 4) is 17.0 Å². The first-order valence-corrected chi connectivity index (χ1v) is 13.3. The Bertz CT molecular complexity index is 1330. The SMILES string of the molecule is CNC(C)c1cccc(OC)c1.O=CCN1Cc2ccc(-c3nc(NC4(CO)CCC4)ncc3Cl)cc2C1=O. The fourth-order valence-electron chi connectivity index (χ4n) is 4.62. The number of aldehydes is 1. The summed E-state index contributed by atoms with van der Waals surface area (Å²) in [6.07, 6.45) is 5.03. The van der Waals surface area contributed by atoms with Crippen LogP contribution in [0.3, 0.4) is 0 Å². The predicted molar refractivity (Wildman–Crippen MR) is 151 cm³/mol. The van der Waals surface area contributed by atoms with Gasteiger partial charge in [-0.15, -0.1) is 0 Å². The number of nitrogens with one attached hydrogen (secondary N) is 2. The number of anilines is 1. The smallest absolute Gasteiger partial charge is 0.254 e. The van der Waals surface area contributed by atoms with Crippen LogP contribution in [0.2, 0.25) is 5.02 Å². The lowest BCUT2D eigenvalue weighted by Crippen LogP contribution is -2.48. The number of rotatable bonds is 9. The fraction of sp³-hybridized carbons (Fsp3) is 0.379. The van der Waals surface area contributed by atoms with Crippen LogP contribution in [0.1, 0.15) is 53.7 Å². The summed E-state index contributed by atoms with van der Waals surface area (Å²) < 4.78 is 5.12. The summed E-state index contributed by atoms with van der Waals surface area (Å²) in [5.41, 5.74) is 3.54. The Morgan fingerprint density at radius 1 is 1.26 bits per heavy atom. The maximum Gasteiger partial charge on any atom is 0.254 e. The topological polar surface area (TPSA) is 117 Å². The van der Waals surface area contributed by atoms with Gasteiger partial charge in [0.05, 0.1) is 42.7 Å². The molecule has 10 heteroatoms. The molecule has 2 heterocycles. The number of aliphatic hydroxyl groups excluding tert-OH is 1. The highest BCUT2D eigenvalue weighted by atomic mass is 35.5. The summed E-state index contributed by atoms with van der Waals surface area (Å²) in [6, 6.07) is 13.9. The van der Waals surface area contributed by atoms with Gasteiger partial charge in [0.2, 0.25) is 5.95 Å². The summed E-state index contributed by atoms with van der Waals surface area (Å²) in [6.45, 7) is 2.65. The van der Waals surface area contributed by atoms with Crippen molar-refractivity contribution in [2.45, 2.75) is 44.3 Å². The molecule has 0 spiro atoms. The number of hydrogen-bond donors (Lipinski definition) is 3. The molecule has 0 saturated heterocycles. The number of aliphatic hydroxyl groups is 1. The third-order valence-corrected chi connectivity index (χ3v) is 7.59. The van der Waals surface area contributed by atoms with Crippen LogP contribution in [0.25, 0.3) is 11.3 Å². The normalized spacial score (nSPS) is 15.9. The molecule has 5 rings (SSSR count). The standard InChI is InChI=1S/C19H19ClN4O3.C10H15NO/c20-15-9-21-18(23-19(11-26)4-1-5-19)22-16(15)12-2-3-13-10-24(6-7-25)17(27)14(13)8-12;1-8(11-2)9-5-4-6-10(7-9)12-3/h2-3,7-9,26H,1,4-6,10-11H2,(H,21,22,23);4-8,11H,1-3H3. The van der Waals surface area contributed by atoms with Gasteiger partial charge < -0.3 is 30.2 Å². The number of carbonyl (C=O) groups is 2. The summed E-state index contributed by atoms with van der Waals surface area (Å²) in [4.78, 5) is 33.4.